The van der Waals surface area contributed by atoms with Crippen molar-refractivity contribution >= 4 is 10.9 Å². The van der Waals surface area contributed by atoms with E-state index < -0.39 is 0 Å². The maximum absolute atomic E-state index is 13.2. The summed E-state index contributed by atoms with van der Waals surface area (Å²) in [7, 11) is 2.22. The first-order valence-electron chi connectivity index (χ1n) is 9.41. The first-order chi connectivity index (χ1) is 12.3. The summed E-state index contributed by atoms with van der Waals surface area (Å²) < 4.78 is 15.7. The highest BCUT2D eigenvalue weighted by Gasteiger charge is 2.33. The van der Waals surface area contributed by atoms with E-state index in [1.807, 2.05) is 12.1 Å². The van der Waals surface area contributed by atoms with Crippen LogP contribution in [0.1, 0.15) is 36.2 Å². The predicted molar refractivity (Wildman–Crippen MR) is 106 cm³/mol. The molecule has 2 aromatic carbocycles. The summed E-state index contributed by atoms with van der Waals surface area (Å²) in [5.41, 5.74) is 6.92. The fraction of sp³-hybridized carbons (Fsp3) is 0.391. The van der Waals surface area contributed by atoms with Crippen molar-refractivity contribution in [2.45, 2.75) is 52.2 Å². The van der Waals surface area contributed by atoms with Crippen molar-refractivity contribution in [2.24, 2.45) is 0 Å². The molecule has 0 bridgehead atoms. The molecule has 0 unspecified atom stereocenters. The molecule has 3 aromatic rings. The molecule has 26 heavy (non-hydrogen) atoms. The van der Waals surface area contributed by atoms with E-state index in [0.717, 1.165) is 25.9 Å². The van der Waals surface area contributed by atoms with Crippen molar-refractivity contribution in [3.63, 3.8) is 0 Å². The van der Waals surface area contributed by atoms with Gasteiger partial charge in [0.05, 0.1) is 0 Å². The van der Waals surface area contributed by atoms with Crippen LogP contribution in [0.25, 0.3) is 10.9 Å². The van der Waals surface area contributed by atoms with Gasteiger partial charge in [-0.3, -0.25) is 4.90 Å². The number of hydrogen-bond donors (Lipinski definition) is 0. The van der Waals surface area contributed by atoms with Crippen LogP contribution in [-0.2, 0) is 25.9 Å². The molecular weight excluding hydrogens is 323 g/mol. The molecule has 3 heteroatoms. The van der Waals surface area contributed by atoms with Crippen molar-refractivity contribution < 1.29 is 4.39 Å². The Kier molecular flexibility index (Phi) is 4.15. The molecule has 0 fully saturated rings. The SMILES string of the molecule is Cc1ccc2c(c1)c1c(n2CCc2ccc(F)cc2)CC(C)(C)N(C)C1. The zero-order valence-corrected chi connectivity index (χ0v) is 16.1. The highest BCUT2D eigenvalue weighted by atomic mass is 19.1. The fourth-order valence-corrected chi connectivity index (χ4v) is 4.11. The first-order valence-corrected chi connectivity index (χ1v) is 9.41. The third-order valence-electron chi connectivity index (χ3n) is 6.01. The van der Waals surface area contributed by atoms with E-state index in [-0.39, 0.29) is 11.4 Å². The lowest BCUT2D eigenvalue weighted by atomic mass is 9.89. The summed E-state index contributed by atoms with van der Waals surface area (Å²) in [6, 6.07) is 13.7. The van der Waals surface area contributed by atoms with Crippen molar-refractivity contribution in [2.75, 3.05) is 7.05 Å². The summed E-state index contributed by atoms with van der Waals surface area (Å²) in [6.07, 6.45) is 1.97. The van der Waals surface area contributed by atoms with Crippen LogP contribution in [0.3, 0.4) is 0 Å². The number of halogens is 1. The molecule has 0 aliphatic carbocycles. The van der Waals surface area contributed by atoms with E-state index in [9.17, 15) is 4.39 Å². The first kappa shape index (κ1) is 17.3. The topological polar surface area (TPSA) is 8.17 Å². The second-order valence-electron chi connectivity index (χ2n) is 8.32. The molecule has 1 aromatic heterocycles. The molecule has 0 atom stereocenters. The maximum Gasteiger partial charge on any atom is 0.123 e. The van der Waals surface area contributed by atoms with Gasteiger partial charge in [0.2, 0.25) is 0 Å². The minimum atomic E-state index is -0.169. The van der Waals surface area contributed by atoms with Gasteiger partial charge in [0.1, 0.15) is 5.82 Å². The predicted octanol–water partition coefficient (Wildman–Crippen LogP) is 5.10. The molecular formula is C23H27FN2. The van der Waals surface area contributed by atoms with Gasteiger partial charge in [-0.2, -0.15) is 0 Å². The molecule has 2 nitrogen and oxygen atoms in total. The maximum atomic E-state index is 13.2. The van der Waals surface area contributed by atoms with E-state index in [0.29, 0.717) is 0 Å². The normalized spacial score (nSPS) is 16.8. The number of aromatic nitrogens is 1. The molecule has 1 aliphatic rings. The largest absolute Gasteiger partial charge is 0.344 e. The van der Waals surface area contributed by atoms with E-state index in [2.05, 4.69) is 55.5 Å². The molecule has 4 rings (SSSR count). The Morgan fingerprint density at radius 1 is 1.08 bits per heavy atom. The van der Waals surface area contributed by atoms with Crippen LogP contribution in [0.2, 0.25) is 0 Å². The molecule has 0 N–H and O–H groups in total. The number of aryl methyl sites for hydroxylation is 3. The highest BCUT2D eigenvalue weighted by molar-refractivity contribution is 5.86. The second kappa shape index (κ2) is 6.24. The van der Waals surface area contributed by atoms with Crippen LogP contribution in [0, 0.1) is 12.7 Å². The van der Waals surface area contributed by atoms with E-state index in [4.69, 9.17) is 0 Å². The number of benzene rings is 2. The number of nitrogens with zero attached hydrogens (tertiary/aromatic N) is 2. The molecule has 1 aliphatic heterocycles. The van der Waals surface area contributed by atoms with E-state index >= 15 is 0 Å². The van der Waals surface area contributed by atoms with Crippen molar-refractivity contribution in [1.29, 1.82) is 0 Å². The number of fused-ring (bicyclic) bond motifs is 3. The van der Waals surface area contributed by atoms with Gasteiger partial charge in [0.15, 0.2) is 0 Å². The Labute approximate surface area is 155 Å². The third-order valence-corrected chi connectivity index (χ3v) is 6.01. The van der Waals surface area contributed by atoms with E-state index in [1.54, 1.807) is 12.1 Å². The quantitative estimate of drug-likeness (QED) is 0.638. The lowest BCUT2D eigenvalue weighted by Gasteiger charge is -2.40. The van der Waals surface area contributed by atoms with E-state index in [1.165, 1.54) is 33.3 Å². The highest BCUT2D eigenvalue weighted by Crippen LogP contribution is 2.36. The molecule has 0 radical (unpaired) electrons. The summed E-state index contributed by atoms with van der Waals surface area (Å²) in [5.74, 6) is -0.169. The molecule has 2 heterocycles. The van der Waals surface area contributed by atoms with Gasteiger partial charge in [-0.1, -0.05) is 23.8 Å². The van der Waals surface area contributed by atoms with Gasteiger partial charge < -0.3 is 4.57 Å². The van der Waals surface area contributed by atoms with Crippen LogP contribution in [0.4, 0.5) is 4.39 Å². The van der Waals surface area contributed by atoms with Gasteiger partial charge in [-0.15, -0.1) is 0 Å². The molecule has 0 saturated carbocycles. The summed E-state index contributed by atoms with van der Waals surface area (Å²) in [4.78, 5) is 2.46. The fourth-order valence-electron chi connectivity index (χ4n) is 4.11. The van der Waals surface area contributed by atoms with Crippen LogP contribution in [0.5, 0.6) is 0 Å². The minimum Gasteiger partial charge on any atom is -0.344 e. The molecule has 0 amide bonds. The molecule has 0 spiro atoms. The summed E-state index contributed by atoms with van der Waals surface area (Å²) in [6.45, 7) is 8.73. The Hall–Kier alpha value is -2.13. The molecule has 0 saturated heterocycles. The summed E-state index contributed by atoms with van der Waals surface area (Å²) >= 11 is 0. The average Bonchev–Trinajstić information content (AvgIpc) is 2.86. The van der Waals surface area contributed by atoms with Gasteiger partial charge in [0.25, 0.3) is 0 Å². The Bertz CT molecular complexity index is 950. The van der Waals surface area contributed by atoms with Crippen LogP contribution < -0.4 is 0 Å². The second-order valence-corrected chi connectivity index (χ2v) is 8.32. The smallest absolute Gasteiger partial charge is 0.123 e. The van der Waals surface area contributed by atoms with Crippen LogP contribution in [0.15, 0.2) is 42.5 Å². The molecule has 136 valence electrons. The van der Waals surface area contributed by atoms with Crippen molar-refractivity contribution in [3.8, 4) is 0 Å². The lowest BCUT2D eigenvalue weighted by Crippen LogP contribution is -2.46. The van der Waals surface area contributed by atoms with Crippen molar-refractivity contribution in [1.82, 2.24) is 9.47 Å². The van der Waals surface area contributed by atoms with Crippen LogP contribution >= 0.6 is 0 Å². The van der Waals surface area contributed by atoms with Gasteiger partial charge >= 0.3 is 0 Å². The van der Waals surface area contributed by atoms with Crippen molar-refractivity contribution in [3.05, 3.63) is 70.7 Å². The van der Waals surface area contributed by atoms with Gasteiger partial charge in [-0.05, 0) is 69.6 Å². The van der Waals surface area contributed by atoms with Gasteiger partial charge in [0, 0.05) is 41.6 Å². The standard InChI is InChI=1S/C23H27FN2/c1-16-5-10-21-19(13-16)20-15-25(4)23(2,3)14-22(20)26(21)12-11-17-6-8-18(24)9-7-17/h5-10,13H,11-12,14-15H2,1-4H3. The zero-order valence-electron chi connectivity index (χ0n) is 16.1. The minimum absolute atomic E-state index is 0.157. The third kappa shape index (κ3) is 2.95. The Morgan fingerprint density at radius 3 is 2.54 bits per heavy atom. The average molecular weight is 350 g/mol. The lowest BCUT2D eigenvalue weighted by molar-refractivity contribution is 0.130. The zero-order chi connectivity index (χ0) is 18.5. The van der Waals surface area contributed by atoms with Crippen LogP contribution in [-0.4, -0.2) is 22.1 Å². The number of rotatable bonds is 3. The van der Waals surface area contributed by atoms with Gasteiger partial charge in [-0.25, -0.2) is 4.39 Å². The number of likely N-dealkylation sites (N-methyl/N-ethyl adjacent to an activating group) is 1. The summed E-state index contributed by atoms with van der Waals surface area (Å²) in [5, 5.41) is 1.39. The Morgan fingerprint density at radius 2 is 1.81 bits per heavy atom. The Balaban J connectivity index is 1.77. The number of hydrogen-bond acceptors (Lipinski definition) is 1. The monoisotopic (exact) mass is 350 g/mol.